The fraction of sp³-hybridized carbons (Fsp3) is 0.556. The molecule has 2 bridgehead atoms. The Labute approximate surface area is 130 Å². The molecule has 3 aliphatic rings. The SMILES string of the molecule is O=C(N[C@H]1C[C@H]2CC[C@H]1C2)c1cccc(N2CCCC2=O)c1. The molecular weight excluding hydrogens is 276 g/mol. The van der Waals surface area contributed by atoms with E-state index in [2.05, 4.69) is 5.32 Å². The molecular formula is C18H22N2O2. The van der Waals surface area contributed by atoms with E-state index in [0.717, 1.165) is 31.0 Å². The highest BCUT2D eigenvalue weighted by atomic mass is 16.2. The lowest BCUT2D eigenvalue weighted by atomic mass is 9.95. The molecule has 2 amide bonds. The molecule has 3 fully saturated rings. The van der Waals surface area contributed by atoms with Gasteiger partial charge in [-0.2, -0.15) is 0 Å². The number of carbonyl (C=O) groups excluding carboxylic acids is 2. The molecule has 22 heavy (non-hydrogen) atoms. The highest BCUT2D eigenvalue weighted by Gasteiger charge is 2.40. The van der Waals surface area contributed by atoms with E-state index >= 15 is 0 Å². The summed E-state index contributed by atoms with van der Waals surface area (Å²) in [6.45, 7) is 0.760. The molecule has 1 N–H and O–H groups in total. The topological polar surface area (TPSA) is 49.4 Å². The van der Waals surface area contributed by atoms with Gasteiger partial charge >= 0.3 is 0 Å². The molecule has 4 heteroatoms. The monoisotopic (exact) mass is 298 g/mol. The molecule has 0 aromatic heterocycles. The average molecular weight is 298 g/mol. The number of anilines is 1. The second kappa shape index (κ2) is 5.41. The fourth-order valence-electron chi connectivity index (χ4n) is 4.41. The van der Waals surface area contributed by atoms with E-state index in [0.29, 0.717) is 23.9 Å². The summed E-state index contributed by atoms with van der Waals surface area (Å²) in [6, 6.07) is 7.83. The molecule has 0 unspecified atom stereocenters. The van der Waals surface area contributed by atoms with Crippen LogP contribution < -0.4 is 10.2 Å². The Morgan fingerprint density at radius 2 is 2.14 bits per heavy atom. The summed E-state index contributed by atoms with van der Waals surface area (Å²) >= 11 is 0. The highest BCUT2D eigenvalue weighted by molar-refractivity contribution is 5.99. The van der Waals surface area contributed by atoms with Crippen molar-refractivity contribution in [2.45, 2.75) is 44.6 Å². The largest absolute Gasteiger partial charge is 0.349 e. The van der Waals surface area contributed by atoms with Crippen LogP contribution in [0.1, 0.15) is 48.9 Å². The van der Waals surface area contributed by atoms with E-state index < -0.39 is 0 Å². The highest BCUT2D eigenvalue weighted by Crippen LogP contribution is 2.44. The van der Waals surface area contributed by atoms with Crippen LogP contribution in [0.2, 0.25) is 0 Å². The number of fused-ring (bicyclic) bond motifs is 2. The zero-order valence-corrected chi connectivity index (χ0v) is 12.8. The summed E-state index contributed by atoms with van der Waals surface area (Å²) in [5.41, 5.74) is 1.52. The molecule has 0 radical (unpaired) electrons. The minimum Gasteiger partial charge on any atom is -0.349 e. The number of nitrogens with one attached hydrogen (secondary N) is 1. The van der Waals surface area contributed by atoms with Crippen molar-refractivity contribution in [2.75, 3.05) is 11.4 Å². The number of carbonyl (C=O) groups is 2. The molecule has 2 saturated carbocycles. The molecule has 1 heterocycles. The predicted molar refractivity (Wildman–Crippen MR) is 84.7 cm³/mol. The zero-order valence-electron chi connectivity index (χ0n) is 12.8. The molecule has 1 aliphatic heterocycles. The van der Waals surface area contributed by atoms with Gasteiger partial charge in [-0.25, -0.2) is 0 Å². The first kappa shape index (κ1) is 13.8. The Hall–Kier alpha value is -1.84. The van der Waals surface area contributed by atoms with Gasteiger partial charge < -0.3 is 10.2 Å². The van der Waals surface area contributed by atoms with Gasteiger partial charge in [0.25, 0.3) is 5.91 Å². The molecule has 1 saturated heterocycles. The van der Waals surface area contributed by atoms with E-state index in [1.165, 1.54) is 19.3 Å². The van der Waals surface area contributed by atoms with Crippen LogP contribution in [0.25, 0.3) is 0 Å². The summed E-state index contributed by atoms with van der Waals surface area (Å²) in [5, 5.41) is 3.21. The van der Waals surface area contributed by atoms with Crippen molar-refractivity contribution in [1.82, 2.24) is 5.32 Å². The van der Waals surface area contributed by atoms with E-state index in [4.69, 9.17) is 0 Å². The third-order valence-corrected chi connectivity index (χ3v) is 5.55. The number of rotatable bonds is 3. The number of amides is 2. The van der Waals surface area contributed by atoms with Crippen LogP contribution in [-0.4, -0.2) is 24.4 Å². The van der Waals surface area contributed by atoms with Crippen molar-refractivity contribution in [3.63, 3.8) is 0 Å². The van der Waals surface area contributed by atoms with Crippen LogP contribution in [0.15, 0.2) is 24.3 Å². The van der Waals surface area contributed by atoms with E-state index in [1.54, 1.807) is 4.90 Å². The molecule has 1 aromatic carbocycles. The Morgan fingerprint density at radius 1 is 1.23 bits per heavy atom. The minimum absolute atomic E-state index is 0.00560. The summed E-state index contributed by atoms with van der Waals surface area (Å²) in [6.07, 6.45) is 6.54. The average Bonchev–Trinajstić information content (AvgIpc) is 3.24. The van der Waals surface area contributed by atoms with Gasteiger partial charge in [0.1, 0.15) is 0 Å². The van der Waals surface area contributed by atoms with E-state index in [-0.39, 0.29) is 11.8 Å². The first-order valence-electron chi connectivity index (χ1n) is 8.42. The van der Waals surface area contributed by atoms with Crippen LogP contribution >= 0.6 is 0 Å². The van der Waals surface area contributed by atoms with Crippen LogP contribution in [-0.2, 0) is 4.79 Å². The summed E-state index contributed by atoms with van der Waals surface area (Å²) in [5.74, 6) is 1.66. The van der Waals surface area contributed by atoms with Crippen molar-refractivity contribution in [3.8, 4) is 0 Å². The van der Waals surface area contributed by atoms with Gasteiger partial charge in [0.2, 0.25) is 5.91 Å². The number of hydrogen-bond acceptors (Lipinski definition) is 2. The van der Waals surface area contributed by atoms with Crippen molar-refractivity contribution >= 4 is 17.5 Å². The van der Waals surface area contributed by atoms with Crippen molar-refractivity contribution < 1.29 is 9.59 Å². The number of hydrogen-bond donors (Lipinski definition) is 1. The molecule has 116 valence electrons. The number of benzene rings is 1. The van der Waals surface area contributed by atoms with Crippen LogP contribution in [0.4, 0.5) is 5.69 Å². The minimum atomic E-state index is 0.00560. The quantitative estimate of drug-likeness (QED) is 0.933. The van der Waals surface area contributed by atoms with Crippen LogP contribution in [0.3, 0.4) is 0 Å². The lowest BCUT2D eigenvalue weighted by Gasteiger charge is -2.23. The molecule has 4 nitrogen and oxygen atoms in total. The van der Waals surface area contributed by atoms with Gasteiger partial charge in [0.15, 0.2) is 0 Å². The van der Waals surface area contributed by atoms with Gasteiger partial charge in [-0.1, -0.05) is 12.5 Å². The molecule has 0 spiro atoms. The Morgan fingerprint density at radius 3 is 2.82 bits per heavy atom. The summed E-state index contributed by atoms with van der Waals surface area (Å²) < 4.78 is 0. The Bertz CT molecular complexity index is 613. The fourth-order valence-corrected chi connectivity index (χ4v) is 4.41. The first-order valence-corrected chi connectivity index (χ1v) is 8.42. The molecule has 4 rings (SSSR count). The van der Waals surface area contributed by atoms with E-state index in [9.17, 15) is 9.59 Å². The molecule has 3 atom stereocenters. The lowest BCUT2D eigenvalue weighted by Crippen LogP contribution is -2.38. The van der Waals surface area contributed by atoms with Crippen molar-refractivity contribution in [3.05, 3.63) is 29.8 Å². The maximum atomic E-state index is 12.5. The normalized spacial score (nSPS) is 30.1. The van der Waals surface area contributed by atoms with Gasteiger partial charge in [-0.3, -0.25) is 9.59 Å². The van der Waals surface area contributed by atoms with Crippen molar-refractivity contribution in [2.24, 2.45) is 11.8 Å². The third kappa shape index (κ3) is 2.40. The van der Waals surface area contributed by atoms with Gasteiger partial charge in [0, 0.05) is 30.3 Å². The second-order valence-corrected chi connectivity index (χ2v) is 6.95. The summed E-state index contributed by atoms with van der Waals surface area (Å²) in [7, 11) is 0. The van der Waals surface area contributed by atoms with Gasteiger partial charge in [-0.05, 0) is 55.7 Å². The maximum absolute atomic E-state index is 12.5. The molecule has 1 aromatic rings. The first-order chi connectivity index (χ1) is 10.7. The Kier molecular flexibility index (Phi) is 3.40. The lowest BCUT2D eigenvalue weighted by molar-refractivity contribution is -0.117. The molecule has 2 aliphatic carbocycles. The summed E-state index contributed by atoms with van der Waals surface area (Å²) in [4.78, 5) is 26.1. The number of nitrogens with zero attached hydrogens (tertiary/aromatic N) is 1. The second-order valence-electron chi connectivity index (χ2n) is 6.95. The third-order valence-electron chi connectivity index (χ3n) is 5.55. The zero-order chi connectivity index (χ0) is 15.1. The van der Waals surface area contributed by atoms with Crippen LogP contribution in [0.5, 0.6) is 0 Å². The van der Waals surface area contributed by atoms with Crippen LogP contribution in [0, 0.1) is 11.8 Å². The van der Waals surface area contributed by atoms with Crippen molar-refractivity contribution in [1.29, 1.82) is 0 Å². The standard InChI is InChI=1S/C18H22N2O2/c21-17-5-2-8-20(17)15-4-1-3-14(11-15)18(22)19-16-10-12-6-7-13(16)9-12/h1,3-4,11-13,16H,2,5-10H2,(H,19,22)/t12-,13-,16-/m0/s1. The maximum Gasteiger partial charge on any atom is 0.251 e. The van der Waals surface area contributed by atoms with Gasteiger partial charge in [-0.15, -0.1) is 0 Å². The van der Waals surface area contributed by atoms with Gasteiger partial charge in [0.05, 0.1) is 0 Å². The van der Waals surface area contributed by atoms with E-state index in [1.807, 2.05) is 24.3 Å². The Balaban J connectivity index is 1.47. The predicted octanol–water partition coefficient (Wildman–Crippen LogP) is 2.73. The smallest absolute Gasteiger partial charge is 0.251 e.